The van der Waals surface area contributed by atoms with Crippen LogP contribution >= 0.6 is 0 Å². The highest BCUT2D eigenvalue weighted by molar-refractivity contribution is 7.89. The summed E-state index contributed by atoms with van der Waals surface area (Å²) >= 11 is 0. The minimum absolute atomic E-state index is 0.0776. The molecule has 1 atom stereocenters. The van der Waals surface area contributed by atoms with Crippen LogP contribution in [0.2, 0.25) is 0 Å². The summed E-state index contributed by atoms with van der Waals surface area (Å²) < 4.78 is 136. The Morgan fingerprint density at radius 3 is 2.07 bits per heavy atom. The van der Waals surface area contributed by atoms with E-state index in [0.29, 0.717) is 9.69 Å². The van der Waals surface area contributed by atoms with Gasteiger partial charge in [-0.05, 0) is 25.0 Å². The molecule has 1 unspecified atom stereocenters. The summed E-state index contributed by atoms with van der Waals surface area (Å²) in [5.74, 6) is -13.8. The molecule has 1 aromatic heterocycles. The molecule has 16 heteroatoms. The number of piperazine rings is 1. The Hall–Kier alpha value is -3.53. The summed E-state index contributed by atoms with van der Waals surface area (Å²) in [5, 5.41) is 0.492. The van der Waals surface area contributed by atoms with Gasteiger partial charge in [-0.25, -0.2) is 35.4 Å². The van der Waals surface area contributed by atoms with Crippen molar-refractivity contribution in [1.29, 1.82) is 0 Å². The number of rotatable bonds is 4. The summed E-state index contributed by atoms with van der Waals surface area (Å²) in [7, 11) is -5.20. The number of carbonyl (C=O) groups is 1. The van der Waals surface area contributed by atoms with Gasteiger partial charge in [-0.3, -0.25) is 4.79 Å². The van der Waals surface area contributed by atoms with Crippen molar-refractivity contribution in [2.45, 2.75) is 23.9 Å². The normalized spacial score (nSPS) is 19.0. The van der Waals surface area contributed by atoms with Crippen molar-refractivity contribution >= 4 is 32.5 Å². The third-order valence-corrected chi connectivity index (χ3v) is 9.30. The van der Waals surface area contributed by atoms with Crippen LogP contribution in [0.5, 0.6) is 0 Å². The molecule has 3 heterocycles. The van der Waals surface area contributed by atoms with Gasteiger partial charge < -0.3 is 9.80 Å². The van der Waals surface area contributed by atoms with Crippen LogP contribution in [0.3, 0.4) is 0 Å². The summed E-state index contributed by atoms with van der Waals surface area (Å²) in [6.45, 7) is -0.400. The number of piperidine rings is 1. The first-order valence-electron chi connectivity index (χ1n) is 12.7. The van der Waals surface area contributed by atoms with Gasteiger partial charge in [0.1, 0.15) is 5.69 Å². The van der Waals surface area contributed by atoms with Gasteiger partial charge in [0, 0.05) is 50.3 Å². The molecule has 0 aliphatic carbocycles. The van der Waals surface area contributed by atoms with Crippen LogP contribution < -0.4 is 4.90 Å². The molecule has 2 aliphatic heterocycles. The molecule has 5 rings (SSSR count). The number of pyridine rings is 1. The number of para-hydroxylation sites is 1. The molecule has 0 spiro atoms. The van der Waals surface area contributed by atoms with Crippen molar-refractivity contribution in [1.82, 2.24) is 14.2 Å². The first-order valence-corrected chi connectivity index (χ1v) is 14.2. The fourth-order valence-corrected chi connectivity index (χ4v) is 6.93. The lowest BCUT2D eigenvalue weighted by Gasteiger charge is -2.39. The van der Waals surface area contributed by atoms with Gasteiger partial charge in [-0.15, -0.1) is 0 Å². The van der Waals surface area contributed by atoms with Crippen LogP contribution in [0.25, 0.3) is 10.9 Å². The van der Waals surface area contributed by atoms with E-state index in [4.69, 9.17) is 0 Å². The van der Waals surface area contributed by atoms with Crippen LogP contribution in [0, 0.1) is 35.0 Å². The molecule has 0 bridgehead atoms. The third kappa shape index (κ3) is 5.25. The zero-order valence-corrected chi connectivity index (χ0v) is 22.4. The van der Waals surface area contributed by atoms with Gasteiger partial charge in [0.2, 0.25) is 21.7 Å². The van der Waals surface area contributed by atoms with E-state index >= 15 is 0 Å². The minimum Gasteiger partial charge on any atom is -0.367 e. The van der Waals surface area contributed by atoms with Crippen molar-refractivity contribution in [2.75, 3.05) is 44.2 Å². The first-order chi connectivity index (χ1) is 19.7. The number of aromatic nitrogens is 1. The van der Waals surface area contributed by atoms with E-state index in [2.05, 4.69) is 4.98 Å². The van der Waals surface area contributed by atoms with Gasteiger partial charge in [0.15, 0.2) is 28.2 Å². The summed E-state index contributed by atoms with van der Waals surface area (Å²) in [4.78, 5) is 18.1. The number of alkyl halides is 3. The van der Waals surface area contributed by atoms with E-state index in [1.807, 2.05) is 0 Å². The number of halogens is 8. The van der Waals surface area contributed by atoms with E-state index in [9.17, 15) is 48.3 Å². The second-order valence-electron chi connectivity index (χ2n) is 9.96. The number of sulfonamides is 1. The number of fused-ring (bicyclic) bond motifs is 1. The third-order valence-electron chi connectivity index (χ3n) is 7.42. The highest BCUT2D eigenvalue weighted by Gasteiger charge is 2.41. The Balaban J connectivity index is 1.32. The first kappa shape index (κ1) is 29.9. The van der Waals surface area contributed by atoms with Gasteiger partial charge in [0.25, 0.3) is 0 Å². The van der Waals surface area contributed by atoms with Crippen molar-refractivity contribution in [3.05, 3.63) is 65.1 Å². The molecule has 42 heavy (non-hydrogen) atoms. The second-order valence-corrected chi connectivity index (χ2v) is 11.8. The van der Waals surface area contributed by atoms with E-state index in [-0.39, 0.29) is 56.8 Å². The zero-order chi connectivity index (χ0) is 30.6. The lowest BCUT2D eigenvalue weighted by atomic mass is 9.97. The molecule has 3 aromatic rings. The molecule has 1 amide bonds. The van der Waals surface area contributed by atoms with Gasteiger partial charge in [0.05, 0.1) is 11.4 Å². The molecular formula is C26H22F8N4O3S. The quantitative estimate of drug-likeness (QED) is 0.240. The van der Waals surface area contributed by atoms with Gasteiger partial charge >= 0.3 is 6.18 Å². The second kappa shape index (κ2) is 10.9. The predicted molar refractivity (Wildman–Crippen MR) is 133 cm³/mol. The van der Waals surface area contributed by atoms with E-state index in [1.54, 1.807) is 23.1 Å². The Kier molecular flexibility index (Phi) is 7.81. The average molecular weight is 623 g/mol. The van der Waals surface area contributed by atoms with Crippen LogP contribution in [0.1, 0.15) is 18.5 Å². The fraction of sp³-hybridized carbons (Fsp3) is 0.385. The highest BCUT2D eigenvalue weighted by Crippen LogP contribution is 2.36. The van der Waals surface area contributed by atoms with E-state index < -0.39 is 74.2 Å². The van der Waals surface area contributed by atoms with Crippen LogP contribution in [-0.4, -0.2) is 67.8 Å². The number of hydrogen-bond acceptors (Lipinski definition) is 5. The maximum absolute atomic E-state index is 14.3. The molecule has 226 valence electrons. The SMILES string of the molecule is O=C(C1CCCN(S(=O)(=O)c2c(F)c(F)c(F)c(F)c2F)C1)N1CCN(c2cc(C(F)(F)F)nc3ccccc23)CC1. The van der Waals surface area contributed by atoms with Gasteiger partial charge in [-0.2, -0.15) is 17.5 Å². The maximum Gasteiger partial charge on any atom is 0.433 e. The number of amides is 1. The van der Waals surface area contributed by atoms with E-state index in [0.717, 1.165) is 6.07 Å². The highest BCUT2D eigenvalue weighted by atomic mass is 32.2. The molecule has 0 N–H and O–H groups in total. The number of nitrogens with zero attached hydrogens (tertiary/aromatic N) is 4. The summed E-state index contributed by atoms with van der Waals surface area (Å²) in [6, 6.07) is 7.27. The van der Waals surface area contributed by atoms with E-state index in [1.165, 1.54) is 11.0 Å². The van der Waals surface area contributed by atoms with Crippen molar-refractivity contribution in [3.8, 4) is 0 Å². The Morgan fingerprint density at radius 1 is 0.857 bits per heavy atom. The summed E-state index contributed by atoms with van der Waals surface area (Å²) in [5.41, 5.74) is -0.622. The van der Waals surface area contributed by atoms with Crippen molar-refractivity contribution in [2.24, 2.45) is 5.92 Å². The fourth-order valence-electron chi connectivity index (χ4n) is 5.29. The predicted octanol–water partition coefficient (Wildman–Crippen LogP) is 4.70. The average Bonchev–Trinajstić information content (AvgIpc) is 2.97. The Morgan fingerprint density at radius 2 is 1.45 bits per heavy atom. The monoisotopic (exact) mass is 622 g/mol. The lowest BCUT2D eigenvalue weighted by molar-refractivity contribution is -0.141. The molecule has 0 radical (unpaired) electrons. The maximum atomic E-state index is 14.3. The molecule has 7 nitrogen and oxygen atoms in total. The van der Waals surface area contributed by atoms with Crippen LogP contribution in [0.4, 0.5) is 40.8 Å². The number of anilines is 1. The Bertz CT molecular complexity index is 1630. The number of carbonyl (C=O) groups excluding carboxylic acids is 1. The Labute approximate surface area is 234 Å². The number of benzene rings is 2. The molecule has 2 aliphatic rings. The molecule has 2 fully saturated rings. The molecule has 2 aromatic carbocycles. The number of hydrogen-bond donors (Lipinski definition) is 0. The van der Waals surface area contributed by atoms with Crippen LogP contribution in [-0.2, 0) is 21.0 Å². The molecule has 0 saturated carbocycles. The van der Waals surface area contributed by atoms with Crippen LogP contribution in [0.15, 0.2) is 35.2 Å². The molecular weight excluding hydrogens is 600 g/mol. The van der Waals surface area contributed by atoms with Crippen molar-refractivity contribution < 1.29 is 48.3 Å². The standard InChI is InChI=1S/C26H22F8N4O3S/c27-19-20(28)22(30)24(23(31)21(19)29)42(40,41)38-7-3-4-14(13-38)25(39)37-10-8-36(9-11-37)17-12-18(26(32,33)34)35-16-6-2-1-5-15(16)17/h1-2,5-6,12,14H,3-4,7-11,13H2. The zero-order valence-electron chi connectivity index (χ0n) is 21.6. The largest absolute Gasteiger partial charge is 0.433 e. The topological polar surface area (TPSA) is 73.8 Å². The molecule has 2 saturated heterocycles. The van der Waals surface area contributed by atoms with Crippen molar-refractivity contribution in [3.63, 3.8) is 0 Å². The lowest BCUT2D eigenvalue weighted by Crippen LogP contribution is -2.53. The van der Waals surface area contributed by atoms with Gasteiger partial charge in [-0.1, -0.05) is 18.2 Å². The smallest absolute Gasteiger partial charge is 0.367 e. The summed E-state index contributed by atoms with van der Waals surface area (Å²) in [6.07, 6.45) is -4.40. The minimum atomic E-state index is -5.20.